The largest absolute Gasteiger partial charge is 0.334 e. The van der Waals surface area contributed by atoms with Gasteiger partial charge in [0.25, 0.3) is 0 Å². The Labute approximate surface area is 135 Å². The molecule has 3 rings (SSSR count). The number of nitrogens with zero attached hydrogens (tertiary/aromatic N) is 1. The molecule has 2 aliphatic heterocycles. The summed E-state index contributed by atoms with van der Waals surface area (Å²) in [6.07, 6.45) is 4.33. The molecule has 1 amide bonds. The van der Waals surface area contributed by atoms with Crippen molar-refractivity contribution in [3.8, 4) is 0 Å². The zero-order chi connectivity index (χ0) is 14.8. The molecule has 2 heterocycles. The molecule has 114 valence electrons. The van der Waals surface area contributed by atoms with E-state index in [0.29, 0.717) is 11.8 Å². The number of piperidine rings is 1. The molecule has 2 fully saturated rings. The van der Waals surface area contributed by atoms with Gasteiger partial charge in [-0.15, -0.1) is 0 Å². The fourth-order valence-electron chi connectivity index (χ4n) is 3.59. The smallest absolute Gasteiger partial charge is 0.240 e. The van der Waals surface area contributed by atoms with Crippen molar-refractivity contribution in [2.75, 3.05) is 13.1 Å². The average Bonchev–Trinajstić information content (AvgIpc) is 2.96. The summed E-state index contributed by atoms with van der Waals surface area (Å²) in [5.74, 6) is 0.941. The molecular formula is C17H23BrN2O. The highest BCUT2D eigenvalue weighted by Crippen LogP contribution is 2.34. The Morgan fingerprint density at radius 1 is 1.38 bits per heavy atom. The van der Waals surface area contributed by atoms with Crippen LogP contribution >= 0.6 is 15.9 Å². The first-order chi connectivity index (χ1) is 10.1. The van der Waals surface area contributed by atoms with Gasteiger partial charge in [-0.2, -0.15) is 0 Å². The van der Waals surface area contributed by atoms with Crippen LogP contribution in [0.5, 0.6) is 0 Å². The molecule has 1 aromatic rings. The Morgan fingerprint density at radius 2 is 2.24 bits per heavy atom. The summed E-state index contributed by atoms with van der Waals surface area (Å²) in [6, 6.07) is 8.64. The fourth-order valence-corrected chi connectivity index (χ4v) is 4.00. The first-order valence-electron chi connectivity index (χ1n) is 7.94. The minimum atomic E-state index is 0.0153. The molecule has 2 aliphatic rings. The summed E-state index contributed by atoms with van der Waals surface area (Å²) in [7, 11) is 0. The van der Waals surface area contributed by atoms with Crippen molar-refractivity contribution >= 4 is 21.8 Å². The predicted octanol–water partition coefficient (Wildman–Crippen LogP) is 3.50. The summed E-state index contributed by atoms with van der Waals surface area (Å²) >= 11 is 3.53. The number of hydrogen-bond donors (Lipinski definition) is 1. The van der Waals surface area contributed by atoms with Crippen molar-refractivity contribution in [1.82, 2.24) is 10.2 Å². The second kappa shape index (κ2) is 6.49. The lowest BCUT2D eigenvalue weighted by atomic mass is 9.93. The van der Waals surface area contributed by atoms with Crippen LogP contribution < -0.4 is 5.32 Å². The number of hydrogen-bond acceptors (Lipinski definition) is 2. The predicted molar refractivity (Wildman–Crippen MR) is 88.0 cm³/mol. The van der Waals surface area contributed by atoms with Crippen molar-refractivity contribution < 1.29 is 4.79 Å². The van der Waals surface area contributed by atoms with E-state index in [1.807, 2.05) is 6.07 Å². The standard InChI is InChI=1S/C17H23BrN2O/c1-12-7-8-19-15(10-12)17(21)20-9-3-6-16(20)13-4-2-5-14(18)11-13/h2,4-5,11-12,15-16,19H,3,6-10H2,1H3. The molecular weight excluding hydrogens is 328 g/mol. The summed E-state index contributed by atoms with van der Waals surface area (Å²) < 4.78 is 1.09. The van der Waals surface area contributed by atoms with Crippen LogP contribution in [0.15, 0.2) is 28.7 Å². The Balaban J connectivity index is 1.75. The van der Waals surface area contributed by atoms with Gasteiger partial charge < -0.3 is 10.2 Å². The molecule has 0 radical (unpaired) electrons. The van der Waals surface area contributed by atoms with Gasteiger partial charge >= 0.3 is 0 Å². The Morgan fingerprint density at radius 3 is 3.00 bits per heavy atom. The normalized spacial score (nSPS) is 29.6. The molecule has 0 aromatic heterocycles. The third kappa shape index (κ3) is 3.32. The van der Waals surface area contributed by atoms with Crippen LogP contribution in [-0.4, -0.2) is 29.9 Å². The zero-order valence-electron chi connectivity index (χ0n) is 12.5. The van der Waals surface area contributed by atoms with Gasteiger partial charge in [0, 0.05) is 11.0 Å². The van der Waals surface area contributed by atoms with Gasteiger partial charge in [0.1, 0.15) is 0 Å². The van der Waals surface area contributed by atoms with E-state index in [9.17, 15) is 4.79 Å². The number of halogens is 1. The lowest BCUT2D eigenvalue weighted by Gasteiger charge is -2.33. The topological polar surface area (TPSA) is 32.3 Å². The van der Waals surface area contributed by atoms with E-state index in [2.05, 4.69) is 51.3 Å². The van der Waals surface area contributed by atoms with Crippen molar-refractivity contribution in [2.24, 2.45) is 5.92 Å². The summed E-state index contributed by atoms with van der Waals surface area (Å²) in [4.78, 5) is 15.0. The molecule has 4 heteroatoms. The Bertz CT molecular complexity index is 519. The molecule has 0 saturated carbocycles. The van der Waals surface area contributed by atoms with Crippen molar-refractivity contribution in [3.05, 3.63) is 34.3 Å². The highest BCUT2D eigenvalue weighted by Gasteiger charge is 2.35. The van der Waals surface area contributed by atoms with Crippen molar-refractivity contribution in [3.63, 3.8) is 0 Å². The van der Waals surface area contributed by atoms with Crippen molar-refractivity contribution in [2.45, 2.75) is 44.7 Å². The van der Waals surface area contributed by atoms with Crippen LogP contribution in [0.2, 0.25) is 0 Å². The molecule has 2 saturated heterocycles. The Hall–Kier alpha value is -0.870. The van der Waals surface area contributed by atoms with Crippen LogP contribution in [0.3, 0.4) is 0 Å². The van der Waals surface area contributed by atoms with Crippen LogP contribution in [0.1, 0.15) is 44.2 Å². The van der Waals surface area contributed by atoms with Gasteiger partial charge in [-0.05, 0) is 55.8 Å². The van der Waals surface area contributed by atoms with Crippen LogP contribution in [0.4, 0.5) is 0 Å². The number of carbonyl (C=O) groups excluding carboxylic acids is 1. The number of likely N-dealkylation sites (tertiary alicyclic amines) is 1. The average molecular weight is 351 g/mol. The van der Waals surface area contributed by atoms with Gasteiger partial charge in [0.15, 0.2) is 0 Å². The van der Waals surface area contributed by atoms with Crippen LogP contribution in [0, 0.1) is 5.92 Å². The van der Waals surface area contributed by atoms with Gasteiger partial charge in [0.2, 0.25) is 5.91 Å². The van der Waals surface area contributed by atoms with E-state index in [1.165, 1.54) is 12.0 Å². The molecule has 1 N–H and O–H groups in total. The Kier molecular flexibility index (Phi) is 4.65. The minimum absolute atomic E-state index is 0.0153. The van der Waals surface area contributed by atoms with Gasteiger partial charge in [-0.3, -0.25) is 4.79 Å². The second-order valence-electron chi connectivity index (χ2n) is 6.38. The highest BCUT2D eigenvalue weighted by atomic mass is 79.9. The number of rotatable bonds is 2. The highest BCUT2D eigenvalue weighted by molar-refractivity contribution is 9.10. The molecule has 0 spiro atoms. The number of carbonyl (C=O) groups is 1. The monoisotopic (exact) mass is 350 g/mol. The maximum absolute atomic E-state index is 12.9. The van der Waals surface area contributed by atoms with E-state index in [-0.39, 0.29) is 12.1 Å². The SMILES string of the molecule is CC1CCNC(C(=O)N2CCCC2c2cccc(Br)c2)C1. The quantitative estimate of drug-likeness (QED) is 0.885. The minimum Gasteiger partial charge on any atom is -0.334 e. The van der Waals surface area contributed by atoms with Crippen LogP contribution in [-0.2, 0) is 4.79 Å². The molecule has 0 aliphatic carbocycles. The van der Waals surface area contributed by atoms with E-state index >= 15 is 0 Å². The number of nitrogens with one attached hydrogen (secondary N) is 1. The first-order valence-corrected chi connectivity index (χ1v) is 8.74. The van der Waals surface area contributed by atoms with Crippen LogP contribution in [0.25, 0.3) is 0 Å². The molecule has 0 bridgehead atoms. The van der Waals surface area contributed by atoms with E-state index in [1.54, 1.807) is 0 Å². The van der Waals surface area contributed by atoms with E-state index < -0.39 is 0 Å². The maximum Gasteiger partial charge on any atom is 0.240 e. The van der Waals surface area contributed by atoms with Gasteiger partial charge in [0.05, 0.1) is 12.1 Å². The molecule has 3 nitrogen and oxygen atoms in total. The zero-order valence-corrected chi connectivity index (χ0v) is 14.1. The number of amides is 1. The third-order valence-corrected chi connectivity index (χ3v) is 5.23. The lowest BCUT2D eigenvalue weighted by molar-refractivity contribution is -0.135. The fraction of sp³-hybridized carbons (Fsp3) is 0.588. The molecule has 1 aromatic carbocycles. The number of benzene rings is 1. The van der Waals surface area contributed by atoms with Crippen molar-refractivity contribution in [1.29, 1.82) is 0 Å². The lowest BCUT2D eigenvalue weighted by Crippen LogP contribution is -2.49. The summed E-state index contributed by atoms with van der Waals surface area (Å²) in [6.45, 7) is 4.10. The molecule has 3 unspecified atom stereocenters. The van der Waals surface area contributed by atoms with E-state index in [4.69, 9.17) is 0 Å². The summed E-state index contributed by atoms with van der Waals surface area (Å²) in [5, 5.41) is 3.41. The maximum atomic E-state index is 12.9. The van der Waals surface area contributed by atoms with Gasteiger partial charge in [-0.25, -0.2) is 0 Å². The van der Waals surface area contributed by atoms with E-state index in [0.717, 1.165) is 36.8 Å². The first kappa shape index (κ1) is 15.0. The molecule has 3 atom stereocenters. The molecule has 21 heavy (non-hydrogen) atoms. The third-order valence-electron chi connectivity index (χ3n) is 4.73. The summed E-state index contributed by atoms with van der Waals surface area (Å²) in [5.41, 5.74) is 1.25. The van der Waals surface area contributed by atoms with Gasteiger partial charge in [-0.1, -0.05) is 35.0 Å². The second-order valence-corrected chi connectivity index (χ2v) is 7.30.